The van der Waals surface area contributed by atoms with E-state index in [-0.39, 0.29) is 11.3 Å². The first kappa shape index (κ1) is 12.8. The minimum absolute atomic E-state index is 0.246. The van der Waals surface area contributed by atoms with Gasteiger partial charge in [0, 0.05) is 0 Å². The summed E-state index contributed by atoms with van der Waals surface area (Å²) in [5.74, 6) is 0.931. The van der Waals surface area contributed by atoms with Gasteiger partial charge in [0.15, 0.2) is 5.75 Å². The summed E-state index contributed by atoms with van der Waals surface area (Å²) in [5.41, 5.74) is 11.7. The summed E-state index contributed by atoms with van der Waals surface area (Å²) in [6.07, 6.45) is 0. The highest BCUT2D eigenvalue weighted by atomic mass is 16.5. The number of ether oxygens (including phenoxy) is 2. The molecule has 0 aromatic heterocycles. The fourth-order valence-electron chi connectivity index (χ4n) is 1.62. The molecule has 0 saturated carbocycles. The molecule has 98 valence electrons. The van der Waals surface area contributed by atoms with Gasteiger partial charge in [0.25, 0.3) is 5.91 Å². The summed E-state index contributed by atoms with van der Waals surface area (Å²) < 4.78 is 10.7. The van der Waals surface area contributed by atoms with E-state index in [1.165, 1.54) is 0 Å². The SMILES string of the molecule is COc1ccc(Oc2c(N)cccc2C(N)=O)cc1. The van der Waals surface area contributed by atoms with E-state index >= 15 is 0 Å². The Bertz CT molecular complexity index is 594. The fourth-order valence-corrected chi connectivity index (χ4v) is 1.62. The minimum atomic E-state index is -0.587. The predicted molar refractivity (Wildman–Crippen MR) is 72.4 cm³/mol. The zero-order valence-electron chi connectivity index (χ0n) is 10.4. The Labute approximate surface area is 110 Å². The molecule has 0 aliphatic carbocycles. The van der Waals surface area contributed by atoms with Crippen molar-refractivity contribution < 1.29 is 14.3 Å². The van der Waals surface area contributed by atoms with Crippen LogP contribution in [0.5, 0.6) is 17.2 Å². The van der Waals surface area contributed by atoms with Crippen LogP contribution in [0.1, 0.15) is 10.4 Å². The van der Waals surface area contributed by atoms with Crippen molar-refractivity contribution in [2.75, 3.05) is 12.8 Å². The Balaban J connectivity index is 2.34. The molecule has 19 heavy (non-hydrogen) atoms. The first-order valence-electron chi connectivity index (χ1n) is 5.62. The molecule has 0 spiro atoms. The zero-order chi connectivity index (χ0) is 13.8. The molecule has 0 bridgehead atoms. The number of hydrogen-bond donors (Lipinski definition) is 2. The van der Waals surface area contributed by atoms with Gasteiger partial charge in [-0.05, 0) is 36.4 Å². The molecule has 0 fully saturated rings. The van der Waals surface area contributed by atoms with Crippen LogP contribution in [0.4, 0.5) is 5.69 Å². The lowest BCUT2D eigenvalue weighted by Gasteiger charge is -2.12. The van der Waals surface area contributed by atoms with Gasteiger partial charge in [-0.25, -0.2) is 0 Å². The Morgan fingerprint density at radius 2 is 1.68 bits per heavy atom. The van der Waals surface area contributed by atoms with Crippen molar-refractivity contribution in [1.29, 1.82) is 0 Å². The van der Waals surface area contributed by atoms with Crippen molar-refractivity contribution in [3.05, 3.63) is 48.0 Å². The second-order valence-corrected chi connectivity index (χ2v) is 3.87. The lowest BCUT2D eigenvalue weighted by Crippen LogP contribution is -2.13. The van der Waals surface area contributed by atoms with Gasteiger partial charge in [-0.2, -0.15) is 0 Å². The topological polar surface area (TPSA) is 87.6 Å². The van der Waals surface area contributed by atoms with Crippen LogP contribution in [0.25, 0.3) is 0 Å². The highest BCUT2D eigenvalue weighted by Crippen LogP contribution is 2.31. The molecule has 0 radical (unpaired) electrons. The standard InChI is InChI=1S/C14H14N2O3/c1-18-9-5-7-10(8-6-9)19-13-11(14(16)17)3-2-4-12(13)15/h2-8H,15H2,1H3,(H2,16,17). The third-order valence-electron chi connectivity index (χ3n) is 2.59. The van der Waals surface area contributed by atoms with E-state index in [0.717, 1.165) is 0 Å². The number of benzene rings is 2. The van der Waals surface area contributed by atoms with Gasteiger partial charge in [0.05, 0.1) is 18.4 Å². The van der Waals surface area contributed by atoms with Gasteiger partial charge in [-0.1, -0.05) is 6.07 Å². The molecule has 0 heterocycles. The Hall–Kier alpha value is -2.69. The van der Waals surface area contributed by atoms with E-state index in [2.05, 4.69) is 0 Å². The number of rotatable bonds is 4. The lowest BCUT2D eigenvalue weighted by atomic mass is 10.1. The summed E-state index contributed by atoms with van der Waals surface area (Å²) in [7, 11) is 1.58. The van der Waals surface area contributed by atoms with Crippen molar-refractivity contribution in [3.63, 3.8) is 0 Å². The number of primary amides is 1. The van der Waals surface area contributed by atoms with Crippen LogP contribution in [0, 0.1) is 0 Å². The molecule has 0 aliphatic rings. The molecule has 0 unspecified atom stereocenters. The van der Waals surface area contributed by atoms with Crippen molar-refractivity contribution in [3.8, 4) is 17.2 Å². The van der Waals surface area contributed by atoms with Gasteiger partial charge in [0.1, 0.15) is 11.5 Å². The number of anilines is 1. The van der Waals surface area contributed by atoms with Crippen LogP contribution in [-0.4, -0.2) is 13.0 Å². The molecule has 5 nitrogen and oxygen atoms in total. The second kappa shape index (κ2) is 5.30. The molecular weight excluding hydrogens is 244 g/mol. The first-order chi connectivity index (χ1) is 9.11. The van der Waals surface area contributed by atoms with Crippen molar-refractivity contribution >= 4 is 11.6 Å². The number of nitrogen functional groups attached to an aromatic ring is 1. The van der Waals surface area contributed by atoms with Crippen LogP contribution in [0.2, 0.25) is 0 Å². The Kier molecular flexibility index (Phi) is 3.56. The summed E-state index contributed by atoms with van der Waals surface area (Å²) in [6.45, 7) is 0. The normalized spacial score (nSPS) is 9.95. The van der Waals surface area contributed by atoms with Crippen LogP contribution in [0.15, 0.2) is 42.5 Å². The summed E-state index contributed by atoms with van der Waals surface area (Å²) >= 11 is 0. The van der Waals surface area contributed by atoms with Crippen LogP contribution in [-0.2, 0) is 0 Å². The molecule has 1 amide bonds. The number of carbonyl (C=O) groups excluding carboxylic acids is 1. The number of para-hydroxylation sites is 1. The number of nitrogens with two attached hydrogens (primary N) is 2. The van der Waals surface area contributed by atoms with Crippen molar-refractivity contribution in [2.24, 2.45) is 5.73 Å². The van der Waals surface area contributed by atoms with Crippen LogP contribution < -0.4 is 20.9 Å². The smallest absolute Gasteiger partial charge is 0.252 e. The van der Waals surface area contributed by atoms with E-state index in [4.69, 9.17) is 20.9 Å². The molecule has 4 N–H and O–H groups in total. The van der Waals surface area contributed by atoms with Gasteiger partial charge >= 0.3 is 0 Å². The molecule has 0 aliphatic heterocycles. The summed E-state index contributed by atoms with van der Waals surface area (Å²) in [4.78, 5) is 11.3. The van der Waals surface area contributed by atoms with Crippen molar-refractivity contribution in [2.45, 2.75) is 0 Å². The monoisotopic (exact) mass is 258 g/mol. The molecule has 2 aromatic carbocycles. The third-order valence-corrected chi connectivity index (χ3v) is 2.59. The highest BCUT2D eigenvalue weighted by molar-refractivity contribution is 5.97. The average molecular weight is 258 g/mol. The largest absolute Gasteiger partial charge is 0.497 e. The Morgan fingerprint density at radius 3 is 2.26 bits per heavy atom. The molecule has 5 heteroatoms. The van der Waals surface area contributed by atoms with Crippen molar-refractivity contribution in [1.82, 2.24) is 0 Å². The van der Waals surface area contributed by atoms with Gasteiger partial charge in [-0.3, -0.25) is 4.79 Å². The maximum atomic E-state index is 11.3. The van der Waals surface area contributed by atoms with E-state index in [1.54, 1.807) is 49.6 Å². The molecule has 2 aromatic rings. The van der Waals surface area contributed by atoms with E-state index < -0.39 is 5.91 Å². The van der Waals surface area contributed by atoms with Crippen LogP contribution >= 0.6 is 0 Å². The van der Waals surface area contributed by atoms with E-state index in [1.807, 2.05) is 0 Å². The van der Waals surface area contributed by atoms with Gasteiger partial charge in [-0.15, -0.1) is 0 Å². The van der Waals surface area contributed by atoms with Gasteiger partial charge < -0.3 is 20.9 Å². The number of hydrogen-bond acceptors (Lipinski definition) is 4. The molecule has 2 rings (SSSR count). The molecule has 0 saturated heterocycles. The summed E-state index contributed by atoms with van der Waals surface area (Å²) in [5, 5.41) is 0. The molecular formula is C14H14N2O3. The maximum Gasteiger partial charge on any atom is 0.252 e. The number of methoxy groups -OCH3 is 1. The second-order valence-electron chi connectivity index (χ2n) is 3.87. The minimum Gasteiger partial charge on any atom is -0.497 e. The van der Waals surface area contributed by atoms with Crippen LogP contribution in [0.3, 0.4) is 0 Å². The zero-order valence-corrected chi connectivity index (χ0v) is 10.4. The van der Waals surface area contributed by atoms with Gasteiger partial charge in [0.2, 0.25) is 0 Å². The fraction of sp³-hybridized carbons (Fsp3) is 0.0714. The first-order valence-corrected chi connectivity index (χ1v) is 5.62. The molecule has 0 atom stereocenters. The Morgan fingerprint density at radius 1 is 1.05 bits per heavy atom. The number of carbonyl (C=O) groups is 1. The third kappa shape index (κ3) is 2.77. The summed E-state index contributed by atoms with van der Waals surface area (Å²) in [6, 6.07) is 11.8. The number of amides is 1. The maximum absolute atomic E-state index is 11.3. The predicted octanol–water partition coefficient (Wildman–Crippen LogP) is 2.17. The quantitative estimate of drug-likeness (QED) is 0.823. The highest BCUT2D eigenvalue weighted by Gasteiger charge is 2.13. The average Bonchev–Trinajstić information content (AvgIpc) is 2.41. The van der Waals surface area contributed by atoms with E-state index in [0.29, 0.717) is 17.2 Å². The van der Waals surface area contributed by atoms with E-state index in [9.17, 15) is 4.79 Å². The lowest BCUT2D eigenvalue weighted by molar-refractivity contribution is 0.0998.